The molecule has 2 aromatic rings. The van der Waals surface area contributed by atoms with Crippen LogP contribution in [-0.4, -0.2) is 21.9 Å². The maximum absolute atomic E-state index is 5.83. The lowest BCUT2D eigenvalue weighted by Gasteiger charge is -2.19. The quantitative estimate of drug-likeness (QED) is 0.845. The fourth-order valence-corrected chi connectivity index (χ4v) is 1.80. The summed E-state index contributed by atoms with van der Waals surface area (Å²) in [7, 11) is 0. The van der Waals surface area contributed by atoms with E-state index in [1.165, 1.54) is 0 Å². The van der Waals surface area contributed by atoms with Crippen LogP contribution >= 0.6 is 11.6 Å². The molecule has 17 heavy (non-hydrogen) atoms. The molecule has 0 saturated carbocycles. The first kappa shape index (κ1) is 12.1. The molecule has 0 amide bonds. The second kappa shape index (κ2) is 5.32. The zero-order chi connectivity index (χ0) is 12.3. The second-order valence-corrected chi connectivity index (χ2v) is 4.62. The van der Waals surface area contributed by atoms with Crippen molar-refractivity contribution in [2.24, 2.45) is 5.92 Å². The molecule has 4 heteroatoms. The third-order valence-corrected chi connectivity index (χ3v) is 3.41. The first-order chi connectivity index (χ1) is 8.20. The number of hydrogen-bond donors (Lipinski definition) is 1. The Kier molecular flexibility index (Phi) is 3.79. The minimum atomic E-state index is 0.281. The van der Waals surface area contributed by atoms with Crippen molar-refractivity contribution in [1.82, 2.24) is 9.97 Å². The largest absolute Gasteiger partial charge is 0.366 e. The Morgan fingerprint density at radius 3 is 2.65 bits per heavy atom. The van der Waals surface area contributed by atoms with E-state index in [4.69, 9.17) is 11.6 Å². The molecule has 0 aliphatic rings. The van der Waals surface area contributed by atoms with Gasteiger partial charge in [0.05, 0.1) is 17.2 Å². The summed E-state index contributed by atoms with van der Waals surface area (Å²) in [5.41, 5.74) is 1.82. The summed E-state index contributed by atoms with van der Waals surface area (Å²) in [6.07, 6.45) is 1.76. The molecule has 3 nitrogen and oxygen atoms in total. The fourth-order valence-electron chi connectivity index (χ4n) is 1.54. The van der Waals surface area contributed by atoms with Gasteiger partial charge in [-0.15, -0.1) is 11.6 Å². The number of hydrogen-bond acceptors (Lipinski definition) is 3. The Hall–Kier alpha value is -1.35. The number of rotatable bonds is 4. The summed E-state index contributed by atoms with van der Waals surface area (Å²) in [5, 5.41) is 3.33. The van der Waals surface area contributed by atoms with Crippen LogP contribution in [0, 0.1) is 5.92 Å². The van der Waals surface area contributed by atoms with Crippen molar-refractivity contribution in [2.75, 3.05) is 11.2 Å². The van der Waals surface area contributed by atoms with E-state index in [2.05, 4.69) is 29.1 Å². The number of benzene rings is 1. The van der Waals surface area contributed by atoms with Crippen LogP contribution < -0.4 is 5.32 Å². The van der Waals surface area contributed by atoms with Gasteiger partial charge in [-0.05, 0) is 25.0 Å². The lowest BCUT2D eigenvalue weighted by atomic mass is 10.1. The number of halogens is 1. The van der Waals surface area contributed by atoms with E-state index >= 15 is 0 Å². The van der Waals surface area contributed by atoms with E-state index in [9.17, 15) is 0 Å². The highest BCUT2D eigenvalue weighted by Gasteiger charge is 2.11. The number of para-hydroxylation sites is 2. The first-order valence-corrected chi connectivity index (χ1v) is 6.28. The van der Waals surface area contributed by atoms with Crippen molar-refractivity contribution in [3.63, 3.8) is 0 Å². The third-order valence-electron chi connectivity index (χ3n) is 2.92. The van der Waals surface area contributed by atoms with Gasteiger partial charge in [-0.1, -0.05) is 19.1 Å². The van der Waals surface area contributed by atoms with Gasteiger partial charge in [-0.2, -0.15) is 0 Å². The van der Waals surface area contributed by atoms with Gasteiger partial charge in [-0.3, -0.25) is 4.98 Å². The van der Waals surface area contributed by atoms with Gasteiger partial charge in [0.2, 0.25) is 0 Å². The molecule has 0 fully saturated rings. The molecule has 0 aliphatic carbocycles. The van der Waals surface area contributed by atoms with Gasteiger partial charge >= 0.3 is 0 Å². The molecule has 0 aliphatic heterocycles. The van der Waals surface area contributed by atoms with E-state index < -0.39 is 0 Å². The summed E-state index contributed by atoms with van der Waals surface area (Å²) in [5.74, 6) is 1.83. The van der Waals surface area contributed by atoms with Crippen molar-refractivity contribution in [3.05, 3.63) is 30.5 Å². The number of aromatic nitrogens is 2. The van der Waals surface area contributed by atoms with E-state index in [1.807, 2.05) is 24.3 Å². The Labute approximate surface area is 106 Å². The van der Waals surface area contributed by atoms with E-state index in [0.29, 0.717) is 11.8 Å². The monoisotopic (exact) mass is 249 g/mol. The Bertz CT molecular complexity index is 501. The minimum absolute atomic E-state index is 0.281. The van der Waals surface area contributed by atoms with Gasteiger partial charge in [0.25, 0.3) is 0 Å². The van der Waals surface area contributed by atoms with Crippen LogP contribution in [0.15, 0.2) is 30.5 Å². The topological polar surface area (TPSA) is 37.8 Å². The first-order valence-electron chi connectivity index (χ1n) is 5.75. The molecule has 1 aromatic heterocycles. The highest BCUT2D eigenvalue weighted by atomic mass is 35.5. The molecule has 0 saturated heterocycles. The molecule has 2 rings (SSSR count). The zero-order valence-corrected chi connectivity index (χ0v) is 10.8. The van der Waals surface area contributed by atoms with E-state index in [1.54, 1.807) is 6.20 Å². The molecular formula is C13H16ClN3. The van der Waals surface area contributed by atoms with Crippen molar-refractivity contribution in [3.8, 4) is 0 Å². The summed E-state index contributed by atoms with van der Waals surface area (Å²) in [6.45, 7) is 4.21. The van der Waals surface area contributed by atoms with Crippen LogP contribution in [0.4, 0.5) is 5.82 Å². The average molecular weight is 250 g/mol. The standard InChI is InChI=1S/C13H16ClN3/c1-9(7-14)10(2)16-13-8-15-11-5-3-4-6-12(11)17-13/h3-6,8-10H,7H2,1-2H3,(H,16,17). The molecule has 2 unspecified atom stereocenters. The number of fused-ring (bicyclic) bond motifs is 1. The van der Waals surface area contributed by atoms with Crippen molar-refractivity contribution >= 4 is 28.5 Å². The number of nitrogens with one attached hydrogen (secondary N) is 1. The molecule has 0 spiro atoms. The van der Waals surface area contributed by atoms with E-state index in [-0.39, 0.29) is 6.04 Å². The van der Waals surface area contributed by atoms with Crippen molar-refractivity contribution in [2.45, 2.75) is 19.9 Å². The Balaban J connectivity index is 2.19. The molecule has 1 aromatic carbocycles. The molecule has 1 heterocycles. The van der Waals surface area contributed by atoms with Crippen molar-refractivity contribution in [1.29, 1.82) is 0 Å². The van der Waals surface area contributed by atoms with Gasteiger partial charge in [-0.25, -0.2) is 4.98 Å². The summed E-state index contributed by atoms with van der Waals surface area (Å²) in [6, 6.07) is 8.12. The molecule has 0 bridgehead atoms. The highest BCUT2D eigenvalue weighted by molar-refractivity contribution is 6.18. The van der Waals surface area contributed by atoms with Gasteiger partial charge in [0.15, 0.2) is 0 Å². The van der Waals surface area contributed by atoms with Crippen LogP contribution in [0.1, 0.15) is 13.8 Å². The summed E-state index contributed by atoms with van der Waals surface area (Å²) < 4.78 is 0. The van der Waals surface area contributed by atoms with Gasteiger partial charge in [0.1, 0.15) is 5.82 Å². The number of alkyl halides is 1. The summed E-state index contributed by atoms with van der Waals surface area (Å²) >= 11 is 5.83. The maximum Gasteiger partial charge on any atom is 0.145 e. The molecule has 90 valence electrons. The number of nitrogens with zero attached hydrogens (tertiary/aromatic N) is 2. The maximum atomic E-state index is 5.83. The van der Waals surface area contributed by atoms with Gasteiger partial charge < -0.3 is 5.32 Å². The molecule has 0 radical (unpaired) electrons. The van der Waals surface area contributed by atoms with Crippen LogP contribution in [0.3, 0.4) is 0 Å². The SMILES string of the molecule is CC(CCl)C(C)Nc1cnc2ccccc2n1. The van der Waals surface area contributed by atoms with Crippen LogP contribution in [0.5, 0.6) is 0 Å². The summed E-state index contributed by atoms with van der Waals surface area (Å²) in [4.78, 5) is 8.88. The predicted octanol–water partition coefficient (Wildman–Crippen LogP) is 3.31. The minimum Gasteiger partial charge on any atom is -0.366 e. The van der Waals surface area contributed by atoms with Crippen LogP contribution in [0.25, 0.3) is 11.0 Å². The lowest BCUT2D eigenvalue weighted by molar-refractivity contribution is 0.564. The van der Waals surface area contributed by atoms with Crippen LogP contribution in [0.2, 0.25) is 0 Å². The second-order valence-electron chi connectivity index (χ2n) is 4.31. The third kappa shape index (κ3) is 2.86. The lowest BCUT2D eigenvalue weighted by Crippen LogP contribution is -2.25. The van der Waals surface area contributed by atoms with Crippen LogP contribution in [-0.2, 0) is 0 Å². The average Bonchev–Trinajstić information content (AvgIpc) is 2.37. The molecule has 2 atom stereocenters. The predicted molar refractivity (Wildman–Crippen MR) is 72.5 cm³/mol. The molecule has 1 N–H and O–H groups in total. The van der Waals surface area contributed by atoms with Gasteiger partial charge in [0, 0.05) is 11.9 Å². The smallest absolute Gasteiger partial charge is 0.145 e. The van der Waals surface area contributed by atoms with E-state index in [0.717, 1.165) is 16.9 Å². The Morgan fingerprint density at radius 1 is 1.24 bits per heavy atom. The Morgan fingerprint density at radius 2 is 1.94 bits per heavy atom. The highest BCUT2D eigenvalue weighted by Crippen LogP contribution is 2.14. The zero-order valence-electron chi connectivity index (χ0n) is 10.0. The van der Waals surface area contributed by atoms with Crippen molar-refractivity contribution < 1.29 is 0 Å². The number of anilines is 1. The molecular weight excluding hydrogens is 234 g/mol. The fraction of sp³-hybridized carbons (Fsp3) is 0.385. The normalized spacial score (nSPS) is 14.5.